The summed E-state index contributed by atoms with van der Waals surface area (Å²) in [7, 11) is 0. The van der Waals surface area contributed by atoms with Crippen LogP contribution in [0.15, 0.2) is 140 Å². The monoisotopic (exact) mass is 550 g/mol. The van der Waals surface area contributed by atoms with E-state index in [1.54, 1.807) is 0 Å². The summed E-state index contributed by atoms with van der Waals surface area (Å²) in [5.74, 6) is 2.39. The van der Waals surface area contributed by atoms with Gasteiger partial charge in [-0.2, -0.15) is 0 Å². The lowest BCUT2D eigenvalue weighted by Crippen LogP contribution is -2.06. The fourth-order valence-electron chi connectivity index (χ4n) is 6.64. The molecule has 0 saturated carbocycles. The summed E-state index contributed by atoms with van der Waals surface area (Å²) in [6.45, 7) is 0. The van der Waals surface area contributed by atoms with E-state index in [0.29, 0.717) is 5.82 Å². The highest BCUT2D eigenvalue weighted by Gasteiger charge is 2.19. The zero-order valence-electron chi connectivity index (χ0n) is 23.4. The minimum absolute atomic E-state index is 0.705. The van der Waals surface area contributed by atoms with Crippen molar-refractivity contribution >= 4 is 49.7 Å². The van der Waals surface area contributed by atoms with Crippen LogP contribution in [0.3, 0.4) is 0 Å². The molecule has 4 nitrogen and oxygen atoms in total. The SMILES string of the molecule is C1=CCc2cc(-c3nc(-n4c5ccccc5c5ccccc54)cc(-n4c5ccccc5c5ccccc54)n3)ccc2C=C1. The Kier molecular flexibility index (Phi) is 5.23. The standard InChI is InChI=1S/C39H26N4/c1-2-12-26-22-23-28(24-27(26)13-3-1)39-40-37(42-33-18-8-4-14-29(33)30-15-5-9-19-34(30)42)25-38(41-39)43-35-20-10-6-16-31(35)32-17-7-11-21-36(32)43/h1-12,14-25H,13H2. The highest BCUT2D eigenvalue weighted by molar-refractivity contribution is 6.10. The number of aromatic nitrogens is 4. The van der Waals surface area contributed by atoms with Gasteiger partial charge in [-0.3, -0.25) is 9.13 Å². The molecule has 0 atom stereocenters. The first-order valence-corrected chi connectivity index (χ1v) is 14.7. The molecule has 0 amide bonds. The van der Waals surface area contributed by atoms with Crippen LogP contribution in [0.25, 0.3) is 72.7 Å². The van der Waals surface area contributed by atoms with Crippen LogP contribution in [-0.2, 0) is 6.42 Å². The van der Waals surface area contributed by atoms with Gasteiger partial charge in [-0.1, -0.05) is 109 Å². The van der Waals surface area contributed by atoms with E-state index in [1.165, 1.54) is 32.7 Å². The fraction of sp³-hybridized carbons (Fsp3) is 0.0256. The van der Waals surface area contributed by atoms with Crippen LogP contribution in [0, 0.1) is 0 Å². The minimum atomic E-state index is 0.705. The molecule has 1 aliphatic carbocycles. The molecule has 0 spiro atoms. The average molecular weight is 551 g/mol. The van der Waals surface area contributed by atoms with Crippen molar-refractivity contribution in [2.45, 2.75) is 6.42 Å². The van der Waals surface area contributed by atoms with E-state index in [4.69, 9.17) is 9.97 Å². The number of hydrogen-bond donors (Lipinski definition) is 0. The Morgan fingerprint density at radius 2 is 0.977 bits per heavy atom. The first-order valence-electron chi connectivity index (χ1n) is 14.7. The van der Waals surface area contributed by atoms with Crippen molar-refractivity contribution in [1.82, 2.24) is 19.1 Å². The largest absolute Gasteiger partial charge is 0.294 e. The van der Waals surface area contributed by atoms with Gasteiger partial charge in [-0.25, -0.2) is 9.97 Å². The lowest BCUT2D eigenvalue weighted by atomic mass is 10.0. The molecule has 9 rings (SSSR count). The second-order valence-electron chi connectivity index (χ2n) is 11.1. The van der Waals surface area contributed by atoms with E-state index in [-0.39, 0.29) is 0 Å². The number of hydrogen-bond acceptors (Lipinski definition) is 2. The molecule has 1 aliphatic rings. The molecule has 0 saturated heterocycles. The third-order valence-electron chi connectivity index (χ3n) is 8.58. The van der Waals surface area contributed by atoms with Gasteiger partial charge >= 0.3 is 0 Å². The normalized spacial score (nSPS) is 12.8. The van der Waals surface area contributed by atoms with Crippen LogP contribution in [0.1, 0.15) is 11.1 Å². The van der Waals surface area contributed by atoms with Gasteiger partial charge in [-0.15, -0.1) is 0 Å². The Bertz CT molecular complexity index is 2200. The maximum absolute atomic E-state index is 5.29. The highest BCUT2D eigenvalue weighted by atomic mass is 15.1. The van der Waals surface area contributed by atoms with Gasteiger partial charge in [0.15, 0.2) is 5.82 Å². The van der Waals surface area contributed by atoms with Crippen LogP contribution in [0.5, 0.6) is 0 Å². The number of nitrogens with zero attached hydrogens (tertiary/aromatic N) is 4. The Labute approximate surface area is 248 Å². The molecule has 43 heavy (non-hydrogen) atoms. The van der Waals surface area contributed by atoms with E-state index in [1.807, 2.05) is 0 Å². The molecule has 3 aromatic heterocycles. The molecule has 5 aromatic carbocycles. The van der Waals surface area contributed by atoms with Gasteiger partial charge < -0.3 is 0 Å². The summed E-state index contributed by atoms with van der Waals surface area (Å²) in [4.78, 5) is 10.6. The number of benzene rings is 5. The molecular weight excluding hydrogens is 524 g/mol. The molecule has 0 fully saturated rings. The van der Waals surface area contributed by atoms with E-state index in [2.05, 4.69) is 155 Å². The van der Waals surface area contributed by atoms with Crippen molar-refractivity contribution in [3.63, 3.8) is 0 Å². The summed E-state index contributed by atoms with van der Waals surface area (Å²) < 4.78 is 4.56. The molecule has 202 valence electrons. The molecule has 0 N–H and O–H groups in total. The predicted octanol–water partition coefficient (Wildman–Crippen LogP) is 9.46. The zero-order valence-corrected chi connectivity index (χ0v) is 23.4. The minimum Gasteiger partial charge on any atom is -0.294 e. The zero-order chi connectivity index (χ0) is 28.3. The van der Waals surface area contributed by atoms with Crippen LogP contribution in [0.2, 0.25) is 0 Å². The quantitative estimate of drug-likeness (QED) is 0.220. The van der Waals surface area contributed by atoms with Crippen LogP contribution in [0.4, 0.5) is 0 Å². The Hall–Kier alpha value is -5.74. The molecule has 0 aliphatic heterocycles. The summed E-state index contributed by atoms with van der Waals surface area (Å²) in [6, 6.07) is 43.0. The molecule has 8 aromatic rings. The maximum atomic E-state index is 5.29. The third-order valence-corrected chi connectivity index (χ3v) is 8.58. The Balaban J connectivity index is 1.38. The summed E-state index contributed by atoms with van der Waals surface area (Å²) in [5, 5.41) is 4.83. The summed E-state index contributed by atoms with van der Waals surface area (Å²) in [5.41, 5.74) is 8.00. The van der Waals surface area contributed by atoms with E-state index >= 15 is 0 Å². The van der Waals surface area contributed by atoms with Crippen molar-refractivity contribution in [2.24, 2.45) is 0 Å². The van der Waals surface area contributed by atoms with Crippen LogP contribution >= 0.6 is 0 Å². The number of para-hydroxylation sites is 4. The Morgan fingerprint density at radius 3 is 1.49 bits per heavy atom. The molecule has 0 unspecified atom stereocenters. The van der Waals surface area contributed by atoms with Crippen molar-refractivity contribution in [3.8, 4) is 23.0 Å². The van der Waals surface area contributed by atoms with Gasteiger partial charge in [-0.05, 0) is 47.9 Å². The molecule has 4 heteroatoms. The predicted molar refractivity (Wildman–Crippen MR) is 178 cm³/mol. The van der Waals surface area contributed by atoms with Crippen molar-refractivity contribution in [2.75, 3.05) is 0 Å². The fourth-order valence-corrected chi connectivity index (χ4v) is 6.64. The van der Waals surface area contributed by atoms with Gasteiger partial charge in [0, 0.05) is 33.2 Å². The maximum Gasteiger partial charge on any atom is 0.163 e. The lowest BCUT2D eigenvalue weighted by Gasteiger charge is -2.14. The van der Waals surface area contributed by atoms with E-state index < -0.39 is 0 Å². The third kappa shape index (κ3) is 3.70. The van der Waals surface area contributed by atoms with E-state index in [9.17, 15) is 0 Å². The number of rotatable bonds is 3. The first-order chi connectivity index (χ1) is 21.3. The Morgan fingerprint density at radius 1 is 0.488 bits per heavy atom. The molecular formula is C39H26N4. The lowest BCUT2D eigenvalue weighted by molar-refractivity contribution is 0.993. The number of allylic oxidation sites excluding steroid dienone is 3. The number of fused-ring (bicyclic) bond motifs is 7. The van der Waals surface area contributed by atoms with Crippen LogP contribution in [-0.4, -0.2) is 19.1 Å². The average Bonchev–Trinajstić information content (AvgIpc) is 3.46. The van der Waals surface area contributed by atoms with Gasteiger partial charge in [0.2, 0.25) is 0 Å². The first kappa shape index (κ1) is 23.9. The highest BCUT2D eigenvalue weighted by Crippen LogP contribution is 2.35. The summed E-state index contributed by atoms with van der Waals surface area (Å²) in [6.07, 6.45) is 9.46. The van der Waals surface area contributed by atoms with Crippen LogP contribution < -0.4 is 0 Å². The molecule has 0 bridgehead atoms. The second kappa shape index (κ2) is 9.40. The molecule has 0 radical (unpaired) electrons. The van der Waals surface area contributed by atoms with Crippen molar-refractivity contribution < 1.29 is 0 Å². The summed E-state index contributed by atoms with van der Waals surface area (Å²) >= 11 is 0. The van der Waals surface area contributed by atoms with Crippen molar-refractivity contribution in [1.29, 1.82) is 0 Å². The van der Waals surface area contributed by atoms with E-state index in [0.717, 1.165) is 45.7 Å². The van der Waals surface area contributed by atoms with Gasteiger partial charge in [0.25, 0.3) is 0 Å². The second-order valence-corrected chi connectivity index (χ2v) is 11.1. The van der Waals surface area contributed by atoms with Crippen molar-refractivity contribution in [3.05, 3.63) is 151 Å². The topological polar surface area (TPSA) is 35.6 Å². The smallest absolute Gasteiger partial charge is 0.163 e. The van der Waals surface area contributed by atoms with Gasteiger partial charge in [0.05, 0.1) is 22.1 Å². The van der Waals surface area contributed by atoms with Gasteiger partial charge in [0.1, 0.15) is 11.6 Å². The molecule has 3 heterocycles.